The van der Waals surface area contributed by atoms with E-state index in [-0.39, 0.29) is 7.11 Å². The van der Waals surface area contributed by atoms with Gasteiger partial charge >= 0.3 is 32.3 Å². The standard InChI is InChI=1S/C9H12F9O6P/c1-3-21-25(19,22-4-6(10,11)12)23-5-7(13,14)24-9(17,18)8(15,16)20-2/h3-5H2,1-2H3. The Kier molecular flexibility index (Phi) is 8.19. The second kappa shape index (κ2) is 8.39. The van der Waals surface area contributed by atoms with Crippen molar-refractivity contribution >= 4 is 7.82 Å². The first-order valence-corrected chi connectivity index (χ1v) is 7.44. The molecule has 6 nitrogen and oxygen atoms in total. The summed E-state index contributed by atoms with van der Waals surface area (Å²) in [5.74, 6) is 0. The van der Waals surface area contributed by atoms with Crippen LogP contribution in [0.1, 0.15) is 6.92 Å². The van der Waals surface area contributed by atoms with Crippen molar-refractivity contribution in [1.82, 2.24) is 0 Å². The molecule has 152 valence electrons. The predicted octanol–water partition coefficient (Wildman–Crippen LogP) is 4.17. The summed E-state index contributed by atoms with van der Waals surface area (Å²) in [4.78, 5) is 0. The Hall–Kier alpha value is -0.600. The molecule has 0 fully saturated rings. The van der Waals surface area contributed by atoms with E-state index in [1.54, 1.807) is 0 Å². The molecule has 0 rings (SSSR count). The van der Waals surface area contributed by atoms with E-state index in [1.165, 1.54) is 0 Å². The van der Waals surface area contributed by atoms with Gasteiger partial charge in [-0.3, -0.25) is 13.6 Å². The Bertz CT molecular complexity index is 469. The molecule has 0 spiro atoms. The summed E-state index contributed by atoms with van der Waals surface area (Å²) < 4.78 is 142. The lowest BCUT2D eigenvalue weighted by Gasteiger charge is -2.28. The van der Waals surface area contributed by atoms with E-state index in [4.69, 9.17) is 0 Å². The van der Waals surface area contributed by atoms with E-state index >= 15 is 0 Å². The third kappa shape index (κ3) is 8.55. The smallest absolute Gasteiger partial charge is 0.317 e. The van der Waals surface area contributed by atoms with Gasteiger partial charge in [0, 0.05) is 7.11 Å². The van der Waals surface area contributed by atoms with Crippen molar-refractivity contribution in [3.8, 4) is 0 Å². The third-order valence-electron chi connectivity index (χ3n) is 1.94. The van der Waals surface area contributed by atoms with Gasteiger partial charge in [-0.05, 0) is 6.92 Å². The minimum atomic E-state index is -5.85. The van der Waals surface area contributed by atoms with E-state index in [2.05, 4.69) is 23.0 Å². The number of ether oxygens (including phenoxy) is 2. The van der Waals surface area contributed by atoms with Gasteiger partial charge in [-0.25, -0.2) is 9.30 Å². The van der Waals surface area contributed by atoms with Crippen molar-refractivity contribution in [1.29, 1.82) is 0 Å². The second-order valence-electron chi connectivity index (χ2n) is 4.00. The van der Waals surface area contributed by atoms with E-state index in [9.17, 15) is 44.1 Å². The fraction of sp³-hybridized carbons (Fsp3) is 1.00. The molecule has 1 atom stereocenters. The summed E-state index contributed by atoms with van der Waals surface area (Å²) in [6.07, 6.45) is -21.6. The molecule has 0 aliphatic carbocycles. The minimum absolute atomic E-state index is 0.0696. The summed E-state index contributed by atoms with van der Waals surface area (Å²) in [6, 6.07) is 0. The molecule has 25 heavy (non-hydrogen) atoms. The predicted molar refractivity (Wildman–Crippen MR) is 60.1 cm³/mol. The monoisotopic (exact) mass is 418 g/mol. The van der Waals surface area contributed by atoms with Gasteiger partial charge in [0.05, 0.1) is 6.61 Å². The summed E-state index contributed by atoms with van der Waals surface area (Å²) in [6.45, 7) is -4.26. The van der Waals surface area contributed by atoms with Gasteiger partial charge in [-0.1, -0.05) is 0 Å². The average molecular weight is 418 g/mol. The zero-order chi connectivity index (χ0) is 20.2. The lowest BCUT2D eigenvalue weighted by molar-refractivity contribution is -0.479. The van der Waals surface area contributed by atoms with Crippen LogP contribution in [0.4, 0.5) is 39.5 Å². The van der Waals surface area contributed by atoms with Crippen LogP contribution in [0.3, 0.4) is 0 Å². The van der Waals surface area contributed by atoms with Crippen molar-refractivity contribution < 1.29 is 67.1 Å². The normalized spacial score (nSPS) is 16.8. The molecule has 0 saturated carbocycles. The zero-order valence-corrected chi connectivity index (χ0v) is 13.3. The Morgan fingerprint density at radius 1 is 0.800 bits per heavy atom. The van der Waals surface area contributed by atoms with Crippen LogP contribution in [0.5, 0.6) is 0 Å². The number of hydrogen-bond donors (Lipinski definition) is 0. The van der Waals surface area contributed by atoms with Gasteiger partial charge in [0.1, 0.15) is 6.61 Å². The molecular weight excluding hydrogens is 406 g/mol. The van der Waals surface area contributed by atoms with E-state index in [0.717, 1.165) is 6.92 Å². The number of alkyl halides is 9. The quantitative estimate of drug-likeness (QED) is 0.371. The molecule has 0 aliphatic rings. The highest BCUT2D eigenvalue weighted by Crippen LogP contribution is 2.51. The fourth-order valence-corrected chi connectivity index (χ4v) is 2.12. The molecule has 0 radical (unpaired) electrons. The first-order chi connectivity index (χ1) is 11.0. The maximum Gasteiger partial charge on any atom is 0.475 e. The maximum absolute atomic E-state index is 13.2. The number of methoxy groups -OCH3 is 1. The molecule has 0 saturated heterocycles. The van der Waals surface area contributed by atoms with E-state index < -0.39 is 52.1 Å². The molecule has 1 unspecified atom stereocenters. The minimum Gasteiger partial charge on any atom is -0.317 e. The van der Waals surface area contributed by atoms with Gasteiger partial charge in [-0.15, -0.1) is 0 Å². The molecule has 16 heteroatoms. The molecule has 0 heterocycles. The van der Waals surface area contributed by atoms with Crippen LogP contribution in [0.15, 0.2) is 0 Å². The van der Waals surface area contributed by atoms with Crippen molar-refractivity contribution in [2.24, 2.45) is 0 Å². The van der Waals surface area contributed by atoms with E-state index in [1.807, 2.05) is 0 Å². The zero-order valence-electron chi connectivity index (χ0n) is 12.4. The highest BCUT2D eigenvalue weighted by atomic mass is 31.2. The number of phosphoric acid groups is 1. The molecule has 0 bridgehead atoms. The summed E-state index contributed by atoms with van der Waals surface area (Å²) in [7, 11) is -5.20. The highest BCUT2D eigenvalue weighted by molar-refractivity contribution is 7.48. The molecule has 0 amide bonds. The van der Waals surface area contributed by atoms with E-state index in [0.29, 0.717) is 0 Å². The first kappa shape index (κ1) is 24.4. The molecule has 0 aliphatic heterocycles. The largest absolute Gasteiger partial charge is 0.475 e. The van der Waals surface area contributed by atoms with Gasteiger partial charge in [-0.2, -0.15) is 39.5 Å². The van der Waals surface area contributed by atoms with Crippen molar-refractivity contribution in [2.75, 3.05) is 26.9 Å². The fourth-order valence-electron chi connectivity index (χ4n) is 0.972. The maximum atomic E-state index is 13.2. The van der Waals surface area contributed by atoms with Crippen LogP contribution in [0.25, 0.3) is 0 Å². The molecule has 0 aromatic carbocycles. The molecule has 0 N–H and O–H groups in total. The number of rotatable bonds is 11. The van der Waals surface area contributed by atoms with Gasteiger partial charge in [0.25, 0.3) is 0 Å². The lowest BCUT2D eigenvalue weighted by Crippen LogP contribution is -2.49. The number of phosphoric ester groups is 1. The van der Waals surface area contributed by atoms with Crippen LogP contribution in [0.2, 0.25) is 0 Å². The van der Waals surface area contributed by atoms with Crippen LogP contribution >= 0.6 is 7.82 Å². The van der Waals surface area contributed by atoms with Crippen LogP contribution in [0, 0.1) is 0 Å². The summed E-state index contributed by atoms with van der Waals surface area (Å²) in [5, 5.41) is 0. The van der Waals surface area contributed by atoms with Crippen molar-refractivity contribution in [3.05, 3.63) is 0 Å². The third-order valence-corrected chi connectivity index (χ3v) is 3.40. The summed E-state index contributed by atoms with van der Waals surface area (Å²) >= 11 is 0. The van der Waals surface area contributed by atoms with Gasteiger partial charge < -0.3 is 4.74 Å². The molecule has 0 aromatic rings. The number of hydrogen-bond acceptors (Lipinski definition) is 6. The van der Waals surface area contributed by atoms with Gasteiger partial charge in [0.2, 0.25) is 0 Å². The van der Waals surface area contributed by atoms with Crippen molar-refractivity contribution in [2.45, 2.75) is 31.4 Å². The Morgan fingerprint density at radius 2 is 1.28 bits per heavy atom. The highest BCUT2D eigenvalue weighted by Gasteiger charge is 2.64. The number of halogens is 9. The molecular formula is C9H12F9O6P. The Labute approximate surface area is 134 Å². The second-order valence-corrected chi connectivity index (χ2v) is 5.67. The van der Waals surface area contributed by atoms with Crippen LogP contribution in [-0.2, 0) is 27.6 Å². The topological polar surface area (TPSA) is 63.2 Å². The van der Waals surface area contributed by atoms with Gasteiger partial charge in [0.15, 0.2) is 6.61 Å². The molecule has 0 aromatic heterocycles. The average Bonchev–Trinajstić information content (AvgIpc) is 2.42. The summed E-state index contributed by atoms with van der Waals surface area (Å²) in [5.41, 5.74) is 0. The van der Waals surface area contributed by atoms with Crippen LogP contribution < -0.4 is 0 Å². The Balaban J connectivity index is 4.99. The SMILES string of the molecule is CCOP(=O)(OCC(F)(F)F)OCC(F)(F)OC(F)(F)C(F)(F)OC. The van der Waals surface area contributed by atoms with Crippen LogP contribution in [-0.4, -0.2) is 51.4 Å². The lowest BCUT2D eigenvalue weighted by atomic mass is 10.5. The first-order valence-electron chi connectivity index (χ1n) is 5.98. The Morgan fingerprint density at radius 3 is 1.68 bits per heavy atom. The van der Waals surface area contributed by atoms with Crippen molar-refractivity contribution in [3.63, 3.8) is 0 Å².